The zero-order chi connectivity index (χ0) is 10.4. The van der Waals surface area contributed by atoms with Crippen LogP contribution in [0.2, 0.25) is 0 Å². The summed E-state index contributed by atoms with van der Waals surface area (Å²) in [4.78, 5) is 8.00. The number of aromatic hydroxyl groups is 1. The van der Waals surface area contributed by atoms with E-state index < -0.39 is 5.82 Å². The van der Waals surface area contributed by atoms with Gasteiger partial charge < -0.3 is 14.6 Å². The van der Waals surface area contributed by atoms with Crippen LogP contribution in [0.5, 0.6) is 11.5 Å². The molecule has 72 valence electrons. The highest BCUT2D eigenvalue weighted by Crippen LogP contribution is 2.30. The molecule has 0 bridgehead atoms. The van der Waals surface area contributed by atoms with Gasteiger partial charge in [0.1, 0.15) is 12.6 Å². The van der Waals surface area contributed by atoms with Gasteiger partial charge in [0.05, 0.1) is 11.6 Å². The predicted molar refractivity (Wildman–Crippen MR) is 49.4 cm³/mol. The lowest BCUT2D eigenvalue weighted by molar-refractivity contribution is -0.0979. The summed E-state index contributed by atoms with van der Waals surface area (Å²) in [6.45, 7) is 2.00. The summed E-state index contributed by atoms with van der Waals surface area (Å²) in [5.41, 5.74) is 0. The van der Waals surface area contributed by atoms with Crippen LogP contribution in [0.25, 0.3) is 0 Å². The van der Waals surface area contributed by atoms with Crippen LogP contribution in [-0.4, -0.2) is 19.0 Å². The van der Waals surface area contributed by atoms with E-state index in [1.165, 1.54) is 13.2 Å². The molecule has 0 amide bonds. The Balaban J connectivity index is 0.000000671. The zero-order valence-electron chi connectivity index (χ0n) is 6.88. The Morgan fingerprint density at radius 2 is 2.08 bits per heavy atom. The van der Waals surface area contributed by atoms with E-state index in [0.717, 1.165) is 6.07 Å². The Bertz CT molecular complexity index is 291. The number of carbonyl (C=O) groups excluding carboxylic acids is 1. The molecular formula is C8H8BrFO3. The predicted octanol–water partition coefficient (Wildman–Crippen LogP) is 2.12. The third-order valence-electron chi connectivity index (χ3n) is 1.22. The van der Waals surface area contributed by atoms with E-state index in [1.807, 2.05) is 6.79 Å². The summed E-state index contributed by atoms with van der Waals surface area (Å²) < 4.78 is 17.6. The van der Waals surface area contributed by atoms with Crippen LogP contribution in [0.1, 0.15) is 0 Å². The minimum Gasteiger partial charge on any atom is -0.504 e. The first-order chi connectivity index (χ1) is 6.15. The van der Waals surface area contributed by atoms with Crippen molar-refractivity contribution >= 4 is 22.7 Å². The van der Waals surface area contributed by atoms with Crippen LogP contribution in [-0.2, 0) is 4.79 Å². The molecule has 3 nitrogen and oxygen atoms in total. The number of halogens is 2. The van der Waals surface area contributed by atoms with Gasteiger partial charge in [0.25, 0.3) is 0 Å². The van der Waals surface area contributed by atoms with Gasteiger partial charge in [-0.1, -0.05) is 0 Å². The highest BCUT2D eigenvalue weighted by Gasteiger charge is 2.06. The molecular weight excluding hydrogens is 243 g/mol. The van der Waals surface area contributed by atoms with Crippen molar-refractivity contribution in [3.8, 4) is 11.5 Å². The van der Waals surface area contributed by atoms with E-state index >= 15 is 0 Å². The Kier molecular flexibility index (Phi) is 5.06. The van der Waals surface area contributed by atoms with Crippen molar-refractivity contribution in [2.24, 2.45) is 0 Å². The lowest BCUT2D eigenvalue weighted by Gasteiger charge is -2.03. The molecule has 0 radical (unpaired) electrons. The Morgan fingerprint density at radius 1 is 1.54 bits per heavy atom. The maximum Gasteiger partial charge on any atom is 0.161 e. The van der Waals surface area contributed by atoms with Gasteiger partial charge in [0, 0.05) is 12.1 Å². The SMILES string of the molecule is C=O.COc1cc(Br)c(F)cc1O. The lowest BCUT2D eigenvalue weighted by Crippen LogP contribution is -1.85. The molecule has 1 N–H and O–H groups in total. The zero-order valence-corrected chi connectivity index (χ0v) is 8.47. The van der Waals surface area contributed by atoms with Crippen molar-refractivity contribution in [2.75, 3.05) is 7.11 Å². The summed E-state index contributed by atoms with van der Waals surface area (Å²) >= 11 is 2.95. The second-order valence-corrected chi connectivity index (χ2v) is 2.79. The summed E-state index contributed by atoms with van der Waals surface area (Å²) in [7, 11) is 1.40. The monoisotopic (exact) mass is 250 g/mol. The van der Waals surface area contributed by atoms with Crippen LogP contribution < -0.4 is 4.74 Å². The second kappa shape index (κ2) is 5.53. The number of carbonyl (C=O) groups is 1. The fourth-order valence-electron chi connectivity index (χ4n) is 0.682. The van der Waals surface area contributed by atoms with Crippen LogP contribution in [0, 0.1) is 5.82 Å². The molecule has 0 heterocycles. The molecule has 0 aromatic heterocycles. The summed E-state index contributed by atoms with van der Waals surface area (Å²) in [5, 5.41) is 9.03. The molecule has 1 aromatic carbocycles. The number of methoxy groups -OCH3 is 1. The highest BCUT2D eigenvalue weighted by molar-refractivity contribution is 9.10. The molecule has 0 atom stereocenters. The molecule has 1 aromatic rings. The molecule has 0 fully saturated rings. The van der Waals surface area contributed by atoms with Crippen LogP contribution in [0.4, 0.5) is 4.39 Å². The van der Waals surface area contributed by atoms with Crippen LogP contribution >= 0.6 is 15.9 Å². The van der Waals surface area contributed by atoms with Crippen LogP contribution in [0.15, 0.2) is 16.6 Å². The van der Waals surface area contributed by atoms with Crippen molar-refractivity contribution in [3.05, 3.63) is 22.4 Å². The first-order valence-electron chi connectivity index (χ1n) is 3.16. The van der Waals surface area contributed by atoms with Gasteiger partial charge >= 0.3 is 0 Å². The Morgan fingerprint density at radius 3 is 2.54 bits per heavy atom. The Hall–Kier alpha value is -1.10. The fraction of sp³-hybridized carbons (Fsp3) is 0.125. The number of rotatable bonds is 1. The van der Waals surface area contributed by atoms with Crippen molar-refractivity contribution in [3.63, 3.8) is 0 Å². The van der Waals surface area contributed by atoms with Crippen LogP contribution in [0.3, 0.4) is 0 Å². The average molecular weight is 251 g/mol. The quantitative estimate of drug-likeness (QED) is 0.831. The minimum atomic E-state index is -0.511. The molecule has 0 aliphatic heterocycles. The molecule has 0 aliphatic carbocycles. The molecule has 0 saturated carbocycles. The lowest BCUT2D eigenvalue weighted by atomic mass is 10.3. The van der Waals surface area contributed by atoms with Gasteiger partial charge in [-0.25, -0.2) is 4.39 Å². The smallest absolute Gasteiger partial charge is 0.161 e. The topological polar surface area (TPSA) is 46.5 Å². The van der Waals surface area contributed by atoms with Gasteiger partial charge in [-0.15, -0.1) is 0 Å². The summed E-state index contributed by atoms with van der Waals surface area (Å²) in [6.07, 6.45) is 0. The van der Waals surface area contributed by atoms with E-state index in [1.54, 1.807) is 0 Å². The van der Waals surface area contributed by atoms with Gasteiger partial charge in [0.15, 0.2) is 11.5 Å². The van der Waals surface area contributed by atoms with E-state index in [4.69, 9.17) is 14.6 Å². The molecule has 13 heavy (non-hydrogen) atoms. The number of phenolic OH excluding ortho intramolecular Hbond substituents is 1. The third kappa shape index (κ3) is 3.02. The summed E-state index contributed by atoms with van der Waals surface area (Å²) in [5.74, 6) is -0.463. The molecule has 0 spiro atoms. The Labute approximate surface area is 83.3 Å². The largest absolute Gasteiger partial charge is 0.504 e. The van der Waals surface area contributed by atoms with E-state index in [0.29, 0.717) is 0 Å². The van der Waals surface area contributed by atoms with Gasteiger partial charge in [-0.2, -0.15) is 0 Å². The first kappa shape index (κ1) is 11.9. The van der Waals surface area contributed by atoms with Crippen molar-refractivity contribution in [2.45, 2.75) is 0 Å². The molecule has 5 heteroatoms. The molecule has 0 unspecified atom stereocenters. The average Bonchev–Trinajstić information content (AvgIpc) is 2.15. The number of ether oxygens (including phenoxy) is 1. The maximum atomic E-state index is 12.6. The highest BCUT2D eigenvalue weighted by atomic mass is 79.9. The fourth-order valence-corrected chi connectivity index (χ4v) is 1.00. The maximum absolute atomic E-state index is 12.6. The van der Waals surface area contributed by atoms with E-state index in [-0.39, 0.29) is 16.0 Å². The van der Waals surface area contributed by atoms with Crippen molar-refractivity contribution in [1.82, 2.24) is 0 Å². The minimum absolute atomic E-state index is 0.201. The number of hydrogen-bond donors (Lipinski definition) is 1. The van der Waals surface area contributed by atoms with E-state index in [9.17, 15) is 4.39 Å². The number of benzene rings is 1. The normalized spacial score (nSPS) is 8.54. The standard InChI is InChI=1S/C7H6BrFO2.CH2O/c1-11-7-2-4(8)5(9)3-6(7)10;1-2/h2-3,10H,1H3;1H2. The molecule has 0 aliphatic rings. The van der Waals surface area contributed by atoms with Gasteiger partial charge in [0.2, 0.25) is 0 Å². The van der Waals surface area contributed by atoms with Crippen molar-refractivity contribution < 1.29 is 19.0 Å². The van der Waals surface area contributed by atoms with Gasteiger partial charge in [-0.3, -0.25) is 0 Å². The molecule has 1 rings (SSSR count). The van der Waals surface area contributed by atoms with E-state index in [2.05, 4.69) is 15.9 Å². The number of hydrogen-bond acceptors (Lipinski definition) is 3. The van der Waals surface area contributed by atoms with Gasteiger partial charge in [-0.05, 0) is 15.9 Å². The summed E-state index contributed by atoms with van der Waals surface area (Å²) in [6, 6.07) is 2.35. The second-order valence-electron chi connectivity index (χ2n) is 1.94. The first-order valence-corrected chi connectivity index (χ1v) is 3.95. The van der Waals surface area contributed by atoms with Crippen molar-refractivity contribution in [1.29, 1.82) is 0 Å². The number of phenols is 1. The molecule has 0 saturated heterocycles. The third-order valence-corrected chi connectivity index (χ3v) is 1.83.